The molecule has 4 nitrogen and oxygen atoms in total. The van der Waals surface area contributed by atoms with E-state index in [9.17, 15) is 0 Å². The van der Waals surface area contributed by atoms with Crippen molar-refractivity contribution in [3.05, 3.63) is 36.7 Å². The standard InChI is InChI=1S/C10H9N3O/c1-2-9-12-10(13-14-9)7-4-3-5-8(11)6-7/h2-6H,1,11H2. The molecule has 0 bridgehead atoms. The molecule has 0 spiro atoms. The first kappa shape index (κ1) is 8.50. The highest BCUT2D eigenvalue weighted by Crippen LogP contribution is 2.18. The highest BCUT2D eigenvalue weighted by atomic mass is 16.5. The fourth-order valence-electron chi connectivity index (χ4n) is 1.11. The van der Waals surface area contributed by atoms with Crippen molar-refractivity contribution in [2.45, 2.75) is 0 Å². The van der Waals surface area contributed by atoms with E-state index in [1.165, 1.54) is 6.08 Å². The van der Waals surface area contributed by atoms with E-state index in [0.29, 0.717) is 17.4 Å². The topological polar surface area (TPSA) is 64.9 Å². The van der Waals surface area contributed by atoms with Crippen LogP contribution in [0.25, 0.3) is 17.5 Å². The fourth-order valence-corrected chi connectivity index (χ4v) is 1.11. The van der Waals surface area contributed by atoms with E-state index in [4.69, 9.17) is 10.3 Å². The van der Waals surface area contributed by atoms with Crippen LogP contribution in [0.1, 0.15) is 5.89 Å². The fraction of sp³-hybridized carbons (Fsp3) is 0. The Morgan fingerprint density at radius 2 is 2.29 bits per heavy atom. The summed E-state index contributed by atoms with van der Waals surface area (Å²) in [7, 11) is 0. The van der Waals surface area contributed by atoms with Gasteiger partial charge in [-0.15, -0.1) is 0 Å². The smallest absolute Gasteiger partial charge is 0.250 e. The van der Waals surface area contributed by atoms with Gasteiger partial charge in [-0.2, -0.15) is 4.98 Å². The predicted molar refractivity (Wildman–Crippen MR) is 54.2 cm³/mol. The van der Waals surface area contributed by atoms with Crippen LogP contribution in [0, 0.1) is 0 Å². The Labute approximate surface area is 81.1 Å². The maximum Gasteiger partial charge on any atom is 0.250 e. The van der Waals surface area contributed by atoms with Gasteiger partial charge < -0.3 is 10.3 Å². The number of hydrogen-bond donors (Lipinski definition) is 1. The molecule has 1 aromatic heterocycles. The van der Waals surface area contributed by atoms with Crippen LogP contribution in [0.2, 0.25) is 0 Å². The summed E-state index contributed by atoms with van der Waals surface area (Å²) in [6.45, 7) is 3.53. The summed E-state index contributed by atoms with van der Waals surface area (Å²) in [6, 6.07) is 7.30. The van der Waals surface area contributed by atoms with Gasteiger partial charge in [0, 0.05) is 11.3 Å². The third-order valence-electron chi connectivity index (χ3n) is 1.76. The molecular weight excluding hydrogens is 178 g/mol. The van der Waals surface area contributed by atoms with Gasteiger partial charge in [-0.3, -0.25) is 0 Å². The lowest BCUT2D eigenvalue weighted by atomic mass is 10.2. The van der Waals surface area contributed by atoms with Crippen LogP contribution in [0.3, 0.4) is 0 Å². The summed E-state index contributed by atoms with van der Waals surface area (Å²) in [5.74, 6) is 0.926. The SMILES string of the molecule is C=Cc1nc(-c2cccc(N)c2)no1. The second kappa shape index (κ2) is 3.33. The molecule has 2 aromatic rings. The van der Waals surface area contributed by atoms with Gasteiger partial charge in [0.05, 0.1) is 0 Å². The monoisotopic (exact) mass is 187 g/mol. The van der Waals surface area contributed by atoms with Crippen molar-refractivity contribution in [2.24, 2.45) is 0 Å². The molecule has 0 unspecified atom stereocenters. The van der Waals surface area contributed by atoms with Gasteiger partial charge >= 0.3 is 0 Å². The molecule has 0 saturated heterocycles. The highest BCUT2D eigenvalue weighted by Gasteiger charge is 2.05. The molecule has 0 aliphatic carbocycles. The van der Waals surface area contributed by atoms with Gasteiger partial charge in [0.2, 0.25) is 11.7 Å². The first-order valence-corrected chi connectivity index (χ1v) is 4.11. The molecule has 0 amide bonds. The van der Waals surface area contributed by atoms with Gasteiger partial charge in [0.25, 0.3) is 0 Å². The molecule has 1 aromatic carbocycles. The van der Waals surface area contributed by atoms with Crippen molar-refractivity contribution in [3.8, 4) is 11.4 Å². The number of benzene rings is 1. The van der Waals surface area contributed by atoms with Crippen LogP contribution in [0.15, 0.2) is 35.4 Å². The Bertz CT molecular complexity index is 462. The van der Waals surface area contributed by atoms with Crippen molar-refractivity contribution in [3.63, 3.8) is 0 Å². The van der Waals surface area contributed by atoms with Crippen LogP contribution in [-0.4, -0.2) is 10.1 Å². The zero-order valence-electron chi connectivity index (χ0n) is 7.47. The van der Waals surface area contributed by atoms with E-state index in [1.54, 1.807) is 12.1 Å². The predicted octanol–water partition coefficient (Wildman–Crippen LogP) is 1.96. The molecule has 0 radical (unpaired) electrons. The average molecular weight is 187 g/mol. The van der Waals surface area contributed by atoms with E-state index in [0.717, 1.165) is 5.56 Å². The van der Waals surface area contributed by atoms with E-state index in [2.05, 4.69) is 16.7 Å². The maximum atomic E-state index is 5.63. The van der Waals surface area contributed by atoms with E-state index in [1.807, 2.05) is 12.1 Å². The van der Waals surface area contributed by atoms with Crippen LogP contribution >= 0.6 is 0 Å². The van der Waals surface area contributed by atoms with E-state index >= 15 is 0 Å². The number of hydrogen-bond acceptors (Lipinski definition) is 4. The largest absolute Gasteiger partial charge is 0.399 e. The minimum atomic E-state index is 0.405. The minimum absolute atomic E-state index is 0.405. The summed E-state index contributed by atoms with van der Waals surface area (Å²) in [5, 5.41) is 3.79. The van der Waals surface area contributed by atoms with Gasteiger partial charge in [-0.25, -0.2) is 0 Å². The molecule has 4 heteroatoms. The van der Waals surface area contributed by atoms with Crippen molar-refractivity contribution in [2.75, 3.05) is 5.73 Å². The normalized spacial score (nSPS) is 10.0. The van der Waals surface area contributed by atoms with Crippen LogP contribution < -0.4 is 5.73 Å². The summed E-state index contributed by atoms with van der Waals surface area (Å²) >= 11 is 0. The minimum Gasteiger partial charge on any atom is -0.399 e. The zero-order chi connectivity index (χ0) is 9.97. The molecule has 2 rings (SSSR count). The number of aromatic nitrogens is 2. The number of anilines is 1. The lowest BCUT2D eigenvalue weighted by Gasteiger charge is -1.94. The molecule has 14 heavy (non-hydrogen) atoms. The second-order valence-corrected chi connectivity index (χ2v) is 2.79. The zero-order valence-corrected chi connectivity index (χ0v) is 7.47. The summed E-state index contributed by atoms with van der Waals surface area (Å²) in [4.78, 5) is 4.09. The average Bonchev–Trinajstić information content (AvgIpc) is 2.66. The second-order valence-electron chi connectivity index (χ2n) is 2.79. The van der Waals surface area contributed by atoms with Crippen LogP contribution in [0.4, 0.5) is 5.69 Å². The Morgan fingerprint density at radius 1 is 1.43 bits per heavy atom. The summed E-state index contributed by atoms with van der Waals surface area (Å²) in [6.07, 6.45) is 1.50. The Kier molecular flexibility index (Phi) is 2.02. The number of nitrogens with two attached hydrogens (primary N) is 1. The van der Waals surface area contributed by atoms with Crippen LogP contribution in [0.5, 0.6) is 0 Å². The van der Waals surface area contributed by atoms with Crippen molar-refractivity contribution < 1.29 is 4.52 Å². The summed E-state index contributed by atoms with van der Waals surface area (Å²) in [5.41, 5.74) is 7.14. The number of nitrogens with zero attached hydrogens (tertiary/aromatic N) is 2. The highest BCUT2D eigenvalue weighted by molar-refractivity contribution is 5.61. The number of nitrogen functional groups attached to an aromatic ring is 1. The quantitative estimate of drug-likeness (QED) is 0.730. The molecule has 1 heterocycles. The van der Waals surface area contributed by atoms with E-state index < -0.39 is 0 Å². The van der Waals surface area contributed by atoms with Crippen LogP contribution in [-0.2, 0) is 0 Å². The lowest BCUT2D eigenvalue weighted by Crippen LogP contribution is -1.86. The third-order valence-corrected chi connectivity index (χ3v) is 1.76. The molecule has 70 valence electrons. The van der Waals surface area contributed by atoms with Gasteiger partial charge in [-0.05, 0) is 18.2 Å². The lowest BCUT2D eigenvalue weighted by molar-refractivity contribution is 0.411. The van der Waals surface area contributed by atoms with E-state index in [-0.39, 0.29) is 0 Å². The molecule has 0 fully saturated rings. The molecule has 0 atom stereocenters. The van der Waals surface area contributed by atoms with Gasteiger partial charge in [0.15, 0.2) is 0 Å². The Morgan fingerprint density at radius 3 is 2.93 bits per heavy atom. The number of rotatable bonds is 2. The molecular formula is C10H9N3O. The van der Waals surface area contributed by atoms with Crippen molar-refractivity contribution >= 4 is 11.8 Å². The Hall–Kier alpha value is -2.10. The maximum absolute atomic E-state index is 5.63. The first-order chi connectivity index (χ1) is 6.79. The molecule has 2 N–H and O–H groups in total. The first-order valence-electron chi connectivity index (χ1n) is 4.11. The third kappa shape index (κ3) is 1.50. The summed E-state index contributed by atoms with van der Waals surface area (Å²) < 4.78 is 4.89. The molecule has 0 aliphatic rings. The van der Waals surface area contributed by atoms with Gasteiger partial charge in [0.1, 0.15) is 0 Å². The Balaban J connectivity index is 2.43. The van der Waals surface area contributed by atoms with Crippen molar-refractivity contribution in [1.29, 1.82) is 0 Å². The molecule has 0 saturated carbocycles. The van der Waals surface area contributed by atoms with Gasteiger partial charge in [-0.1, -0.05) is 23.9 Å². The van der Waals surface area contributed by atoms with Crippen molar-refractivity contribution in [1.82, 2.24) is 10.1 Å². The molecule has 0 aliphatic heterocycles.